The zero-order valence-corrected chi connectivity index (χ0v) is 20.3. The third-order valence-electron chi connectivity index (χ3n) is 4.78. The van der Waals surface area contributed by atoms with Gasteiger partial charge >= 0.3 is 0 Å². The van der Waals surface area contributed by atoms with Crippen molar-refractivity contribution in [3.05, 3.63) is 40.9 Å². The number of thiazole rings is 1. The Morgan fingerprint density at radius 1 is 1.32 bits per heavy atom. The average Bonchev–Trinajstić information content (AvgIpc) is 3.37. The summed E-state index contributed by atoms with van der Waals surface area (Å²) in [6.07, 6.45) is 2.58. The monoisotopic (exact) mass is 514 g/mol. The number of hydrogen-bond acceptors (Lipinski definition) is 5. The van der Waals surface area contributed by atoms with Crippen LogP contribution < -0.4 is 20.4 Å². The molecule has 1 aromatic carbocycles. The fourth-order valence-electron chi connectivity index (χ4n) is 3.21. The van der Waals surface area contributed by atoms with Gasteiger partial charge in [0.2, 0.25) is 0 Å². The van der Waals surface area contributed by atoms with Crippen LogP contribution in [0.5, 0.6) is 0 Å². The molecule has 0 spiro atoms. The number of guanidine groups is 1. The summed E-state index contributed by atoms with van der Waals surface area (Å²) in [6, 6.07) is 9.00. The Bertz CT molecular complexity index is 770. The van der Waals surface area contributed by atoms with E-state index in [4.69, 9.17) is 0 Å². The molecule has 1 aromatic heterocycles. The first-order valence-electron chi connectivity index (χ1n) is 9.50. The second-order valence-corrected chi connectivity index (χ2v) is 7.93. The van der Waals surface area contributed by atoms with Crippen molar-refractivity contribution in [1.82, 2.24) is 15.6 Å². The molecule has 2 aromatic rings. The van der Waals surface area contributed by atoms with Crippen molar-refractivity contribution in [2.24, 2.45) is 4.99 Å². The summed E-state index contributed by atoms with van der Waals surface area (Å²) in [7, 11) is 5.82. The Kier molecular flexibility index (Phi) is 8.81. The molecule has 28 heavy (non-hydrogen) atoms. The first-order valence-corrected chi connectivity index (χ1v) is 10.4. The van der Waals surface area contributed by atoms with Gasteiger partial charge in [-0.1, -0.05) is 12.1 Å². The van der Waals surface area contributed by atoms with E-state index < -0.39 is 0 Å². The van der Waals surface area contributed by atoms with Crippen molar-refractivity contribution in [2.75, 3.05) is 44.0 Å². The first kappa shape index (κ1) is 22.7. The number of nitrogens with zero attached hydrogens (tertiary/aromatic N) is 4. The summed E-state index contributed by atoms with van der Waals surface area (Å²) in [6.45, 7) is 5.15. The predicted molar refractivity (Wildman–Crippen MR) is 131 cm³/mol. The number of halogens is 1. The van der Waals surface area contributed by atoms with Crippen LogP contribution in [0.4, 0.5) is 10.8 Å². The van der Waals surface area contributed by atoms with Gasteiger partial charge < -0.3 is 20.4 Å². The molecule has 6 nitrogen and oxygen atoms in total. The molecule has 3 rings (SSSR count). The summed E-state index contributed by atoms with van der Waals surface area (Å²) < 4.78 is 0. The number of rotatable bonds is 6. The van der Waals surface area contributed by atoms with E-state index in [0.717, 1.165) is 29.9 Å². The van der Waals surface area contributed by atoms with Crippen molar-refractivity contribution < 1.29 is 0 Å². The van der Waals surface area contributed by atoms with E-state index in [2.05, 4.69) is 62.1 Å². The minimum atomic E-state index is 0. The molecular weight excluding hydrogens is 483 g/mol. The molecule has 1 saturated heterocycles. The van der Waals surface area contributed by atoms with Gasteiger partial charge in [0.05, 0.1) is 18.3 Å². The molecule has 1 fully saturated rings. The van der Waals surface area contributed by atoms with Crippen LogP contribution in [0.1, 0.15) is 37.1 Å². The molecule has 0 amide bonds. The molecule has 0 saturated carbocycles. The van der Waals surface area contributed by atoms with E-state index >= 15 is 0 Å². The second kappa shape index (κ2) is 10.8. The van der Waals surface area contributed by atoms with Crippen LogP contribution >= 0.6 is 35.3 Å². The molecule has 0 bridgehead atoms. The fraction of sp³-hybridized carbons (Fsp3) is 0.500. The average molecular weight is 514 g/mol. The second-order valence-electron chi connectivity index (χ2n) is 7.10. The molecule has 2 heterocycles. The first-order chi connectivity index (χ1) is 13.1. The van der Waals surface area contributed by atoms with Crippen LogP contribution in [0.25, 0.3) is 0 Å². The van der Waals surface area contributed by atoms with Crippen molar-refractivity contribution in [3.8, 4) is 0 Å². The number of benzene rings is 1. The predicted octanol–water partition coefficient (Wildman–Crippen LogP) is 3.85. The van der Waals surface area contributed by atoms with Gasteiger partial charge in [0.15, 0.2) is 11.1 Å². The smallest absolute Gasteiger partial charge is 0.191 e. The summed E-state index contributed by atoms with van der Waals surface area (Å²) >= 11 is 1.65. The Morgan fingerprint density at radius 3 is 2.71 bits per heavy atom. The highest BCUT2D eigenvalue weighted by molar-refractivity contribution is 14.0. The quantitative estimate of drug-likeness (QED) is 0.349. The zero-order chi connectivity index (χ0) is 19.2. The maximum atomic E-state index is 4.60. The van der Waals surface area contributed by atoms with Crippen molar-refractivity contribution in [2.45, 2.75) is 32.4 Å². The molecule has 1 atom stereocenters. The van der Waals surface area contributed by atoms with Crippen LogP contribution in [-0.4, -0.2) is 45.2 Å². The maximum absolute atomic E-state index is 4.60. The van der Waals surface area contributed by atoms with Gasteiger partial charge in [-0.05, 0) is 37.5 Å². The van der Waals surface area contributed by atoms with E-state index in [1.54, 1.807) is 18.4 Å². The van der Waals surface area contributed by atoms with Crippen molar-refractivity contribution in [3.63, 3.8) is 0 Å². The van der Waals surface area contributed by atoms with Crippen LogP contribution in [0.2, 0.25) is 0 Å². The van der Waals surface area contributed by atoms with Crippen LogP contribution in [0.3, 0.4) is 0 Å². The lowest BCUT2D eigenvalue weighted by molar-refractivity contribution is 0.683. The third kappa shape index (κ3) is 5.97. The molecule has 0 radical (unpaired) electrons. The number of anilines is 2. The van der Waals surface area contributed by atoms with Crippen LogP contribution in [0, 0.1) is 0 Å². The molecule has 8 heteroatoms. The molecule has 0 aliphatic carbocycles. The zero-order valence-electron chi connectivity index (χ0n) is 17.1. The lowest BCUT2D eigenvalue weighted by Gasteiger charge is -2.22. The van der Waals surface area contributed by atoms with E-state index in [0.29, 0.717) is 6.54 Å². The van der Waals surface area contributed by atoms with Crippen LogP contribution in [0.15, 0.2) is 34.6 Å². The van der Waals surface area contributed by atoms with E-state index in [1.165, 1.54) is 24.1 Å². The van der Waals surface area contributed by atoms with Gasteiger partial charge in [-0.15, -0.1) is 35.3 Å². The van der Waals surface area contributed by atoms with Crippen LogP contribution in [-0.2, 0) is 6.54 Å². The summed E-state index contributed by atoms with van der Waals surface area (Å²) in [5.41, 5.74) is 3.61. The summed E-state index contributed by atoms with van der Waals surface area (Å²) in [4.78, 5) is 13.5. The normalized spacial score (nSPS) is 15.1. The molecule has 1 aliphatic heterocycles. The van der Waals surface area contributed by atoms with Crippen molar-refractivity contribution in [1.29, 1.82) is 0 Å². The maximum Gasteiger partial charge on any atom is 0.191 e. The number of hydrogen-bond donors (Lipinski definition) is 2. The Hall–Kier alpha value is -1.55. The minimum absolute atomic E-state index is 0. The fourth-order valence-corrected chi connectivity index (χ4v) is 3.96. The summed E-state index contributed by atoms with van der Waals surface area (Å²) in [5.74, 6) is 0.786. The molecule has 154 valence electrons. The largest absolute Gasteiger partial charge is 0.372 e. The topological polar surface area (TPSA) is 55.8 Å². The van der Waals surface area contributed by atoms with Crippen molar-refractivity contribution >= 4 is 52.1 Å². The minimum Gasteiger partial charge on any atom is -0.372 e. The highest BCUT2D eigenvalue weighted by Crippen LogP contribution is 2.24. The lowest BCUT2D eigenvalue weighted by atomic mass is 10.1. The molecular formula is C20H31IN6S. The Labute approximate surface area is 189 Å². The van der Waals surface area contributed by atoms with E-state index in [-0.39, 0.29) is 30.0 Å². The van der Waals surface area contributed by atoms with Gasteiger partial charge in [0.1, 0.15) is 0 Å². The standard InChI is InChI=1S/C20H30N6S.HI/c1-15(16-8-7-9-18(12-16)26-10-5-6-11-26)23-19(21-2)22-13-17-14-27-20(24-17)25(3)4;/h7-9,12,14-15H,5-6,10-11,13H2,1-4H3,(H2,21,22,23);1H. The van der Waals surface area contributed by atoms with Gasteiger partial charge in [-0.3, -0.25) is 4.99 Å². The molecule has 2 N–H and O–H groups in total. The lowest BCUT2D eigenvalue weighted by Crippen LogP contribution is -2.38. The van der Waals surface area contributed by atoms with Gasteiger partial charge in [-0.2, -0.15) is 0 Å². The number of aromatic nitrogens is 1. The van der Waals surface area contributed by atoms with Gasteiger partial charge in [0, 0.05) is 45.3 Å². The Balaban J connectivity index is 0.00000280. The highest BCUT2D eigenvalue weighted by Gasteiger charge is 2.14. The third-order valence-corrected chi connectivity index (χ3v) is 5.83. The summed E-state index contributed by atoms with van der Waals surface area (Å²) in [5, 5.41) is 9.95. The molecule has 1 aliphatic rings. The SMILES string of the molecule is CN=C(NCc1csc(N(C)C)n1)NC(C)c1cccc(N2CCCC2)c1.I. The van der Waals surface area contributed by atoms with E-state index in [1.807, 2.05) is 19.0 Å². The number of nitrogens with one attached hydrogen (secondary N) is 2. The highest BCUT2D eigenvalue weighted by atomic mass is 127. The van der Waals surface area contributed by atoms with E-state index in [9.17, 15) is 0 Å². The number of aliphatic imine (C=N–C) groups is 1. The van der Waals surface area contributed by atoms with Gasteiger partial charge in [0.25, 0.3) is 0 Å². The van der Waals surface area contributed by atoms with Gasteiger partial charge in [-0.25, -0.2) is 4.98 Å². The Morgan fingerprint density at radius 2 is 2.07 bits per heavy atom. The molecule has 1 unspecified atom stereocenters.